The van der Waals surface area contributed by atoms with Gasteiger partial charge in [-0.2, -0.15) is 0 Å². The van der Waals surface area contributed by atoms with Crippen molar-refractivity contribution in [3.63, 3.8) is 0 Å². The lowest BCUT2D eigenvalue weighted by Gasteiger charge is -2.25. The van der Waals surface area contributed by atoms with Gasteiger partial charge >= 0.3 is 0 Å². The predicted molar refractivity (Wildman–Crippen MR) is 76.1 cm³/mol. The van der Waals surface area contributed by atoms with Gasteiger partial charge in [0.05, 0.1) is 6.10 Å². The predicted octanol–water partition coefficient (Wildman–Crippen LogP) is 0.0978. The summed E-state index contributed by atoms with van der Waals surface area (Å²) in [5.41, 5.74) is 5.79. The number of carbonyl (C=O) groups is 1. The van der Waals surface area contributed by atoms with Crippen LogP contribution >= 0.6 is 0 Å². The number of amides is 1. The zero-order valence-corrected chi connectivity index (χ0v) is 11.4. The fourth-order valence-electron chi connectivity index (χ4n) is 2.59. The van der Waals surface area contributed by atoms with Crippen molar-refractivity contribution in [2.24, 2.45) is 5.92 Å². The molecular formula is C14H21N3O3. The van der Waals surface area contributed by atoms with Crippen molar-refractivity contribution >= 4 is 11.6 Å². The first-order valence-electron chi connectivity index (χ1n) is 6.95. The number of rotatable bonds is 4. The number of anilines is 1. The maximum atomic E-state index is 11.8. The Kier molecular flexibility index (Phi) is 4.79. The quantitative estimate of drug-likeness (QED) is 0.728. The summed E-state index contributed by atoms with van der Waals surface area (Å²) < 4.78 is 1.29. The summed E-state index contributed by atoms with van der Waals surface area (Å²) in [4.78, 5) is 23.4. The smallest absolute Gasteiger partial charge is 0.251 e. The Balaban J connectivity index is 1.83. The molecular weight excluding hydrogens is 258 g/mol. The van der Waals surface area contributed by atoms with E-state index < -0.39 is 0 Å². The van der Waals surface area contributed by atoms with Gasteiger partial charge in [-0.05, 0) is 31.2 Å². The highest BCUT2D eigenvalue weighted by atomic mass is 16.3. The highest BCUT2D eigenvalue weighted by Gasteiger charge is 2.20. The van der Waals surface area contributed by atoms with Crippen LogP contribution in [0.15, 0.2) is 23.1 Å². The van der Waals surface area contributed by atoms with Gasteiger partial charge in [0.15, 0.2) is 0 Å². The van der Waals surface area contributed by atoms with E-state index in [1.54, 1.807) is 0 Å². The highest BCUT2D eigenvalue weighted by Crippen LogP contribution is 2.23. The van der Waals surface area contributed by atoms with E-state index in [0.717, 1.165) is 25.7 Å². The Morgan fingerprint density at radius 1 is 1.45 bits per heavy atom. The normalized spacial score (nSPS) is 22.4. The van der Waals surface area contributed by atoms with Gasteiger partial charge in [-0.25, -0.2) is 0 Å². The summed E-state index contributed by atoms with van der Waals surface area (Å²) in [6.45, 7) is 0.520. The Morgan fingerprint density at radius 3 is 3.00 bits per heavy atom. The summed E-state index contributed by atoms with van der Waals surface area (Å²) in [6, 6.07) is 2.86. The van der Waals surface area contributed by atoms with Crippen LogP contribution in [0.3, 0.4) is 0 Å². The molecule has 20 heavy (non-hydrogen) atoms. The maximum absolute atomic E-state index is 11.8. The van der Waals surface area contributed by atoms with Gasteiger partial charge < -0.3 is 20.7 Å². The first-order valence-corrected chi connectivity index (χ1v) is 6.95. The van der Waals surface area contributed by atoms with Gasteiger partial charge in [-0.15, -0.1) is 0 Å². The number of carbonyl (C=O) groups excluding carboxylic acids is 1. The number of aliphatic hydroxyl groups excluding tert-OH is 1. The highest BCUT2D eigenvalue weighted by molar-refractivity contribution is 5.75. The van der Waals surface area contributed by atoms with E-state index in [0.29, 0.717) is 18.2 Å². The SMILES string of the molecule is Nc1ccc(=O)n(CC(=O)NCC2CCCC(O)C2)c1. The molecule has 1 saturated carbocycles. The van der Waals surface area contributed by atoms with Crippen LogP contribution in [0, 0.1) is 5.92 Å². The number of hydrogen-bond donors (Lipinski definition) is 3. The zero-order chi connectivity index (χ0) is 14.5. The molecule has 0 aromatic carbocycles. The Labute approximate surface area is 117 Å². The summed E-state index contributed by atoms with van der Waals surface area (Å²) in [5, 5.41) is 12.4. The average molecular weight is 279 g/mol. The topological polar surface area (TPSA) is 97.4 Å². The fourth-order valence-corrected chi connectivity index (χ4v) is 2.59. The number of aliphatic hydroxyl groups is 1. The van der Waals surface area contributed by atoms with Crippen LogP contribution in [0.4, 0.5) is 5.69 Å². The minimum atomic E-state index is -0.248. The van der Waals surface area contributed by atoms with Gasteiger partial charge in [0, 0.05) is 24.5 Å². The van der Waals surface area contributed by atoms with Crippen molar-refractivity contribution in [1.82, 2.24) is 9.88 Å². The third kappa shape index (κ3) is 4.09. The lowest BCUT2D eigenvalue weighted by molar-refractivity contribution is -0.122. The van der Waals surface area contributed by atoms with Crippen LogP contribution in [0.5, 0.6) is 0 Å². The molecule has 0 bridgehead atoms. The molecule has 1 aliphatic carbocycles. The molecule has 6 nitrogen and oxygen atoms in total. The Morgan fingerprint density at radius 2 is 2.25 bits per heavy atom. The van der Waals surface area contributed by atoms with Crippen molar-refractivity contribution in [3.05, 3.63) is 28.7 Å². The van der Waals surface area contributed by atoms with E-state index >= 15 is 0 Å². The third-order valence-corrected chi connectivity index (χ3v) is 3.66. The van der Waals surface area contributed by atoms with E-state index in [1.165, 1.54) is 22.9 Å². The van der Waals surface area contributed by atoms with Crippen LogP contribution < -0.4 is 16.6 Å². The number of hydrogen-bond acceptors (Lipinski definition) is 4. The molecule has 2 atom stereocenters. The standard InChI is InChI=1S/C14H21N3O3/c15-11-4-5-14(20)17(8-11)9-13(19)16-7-10-2-1-3-12(18)6-10/h4-5,8,10,12,18H,1-3,6-7,9,15H2,(H,16,19). The minimum Gasteiger partial charge on any atom is -0.398 e. The van der Waals surface area contributed by atoms with E-state index in [1.807, 2.05) is 0 Å². The van der Waals surface area contributed by atoms with Crippen LogP contribution in [-0.4, -0.2) is 28.2 Å². The number of nitrogen functional groups attached to an aromatic ring is 1. The van der Waals surface area contributed by atoms with Crippen molar-refractivity contribution in [1.29, 1.82) is 0 Å². The molecule has 0 saturated heterocycles. The fraction of sp³-hybridized carbons (Fsp3) is 0.571. The Hall–Kier alpha value is -1.82. The molecule has 1 aromatic heterocycles. The lowest BCUT2D eigenvalue weighted by atomic mass is 9.87. The van der Waals surface area contributed by atoms with Crippen molar-refractivity contribution in [2.75, 3.05) is 12.3 Å². The molecule has 1 aliphatic rings. The van der Waals surface area contributed by atoms with Gasteiger partial charge in [-0.3, -0.25) is 9.59 Å². The van der Waals surface area contributed by atoms with Gasteiger partial charge in [0.1, 0.15) is 6.54 Å². The van der Waals surface area contributed by atoms with Crippen molar-refractivity contribution in [3.8, 4) is 0 Å². The minimum absolute atomic E-state index is 0.0286. The number of pyridine rings is 1. The first kappa shape index (κ1) is 14.6. The first-order chi connectivity index (χ1) is 9.54. The van der Waals surface area contributed by atoms with E-state index in [9.17, 15) is 14.7 Å². The number of nitrogens with two attached hydrogens (primary N) is 1. The lowest BCUT2D eigenvalue weighted by Crippen LogP contribution is -2.36. The molecule has 110 valence electrons. The molecule has 0 aliphatic heterocycles. The van der Waals surface area contributed by atoms with Gasteiger partial charge in [0.25, 0.3) is 5.56 Å². The summed E-state index contributed by atoms with van der Waals surface area (Å²) in [6.07, 6.45) is 4.82. The van der Waals surface area contributed by atoms with Gasteiger partial charge in [0.2, 0.25) is 5.91 Å². The summed E-state index contributed by atoms with van der Waals surface area (Å²) >= 11 is 0. The van der Waals surface area contributed by atoms with Crippen LogP contribution in [0.1, 0.15) is 25.7 Å². The van der Waals surface area contributed by atoms with Crippen LogP contribution in [0.2, 0.25) is 0 Å². The molecule has 2 unspecified atom stereocenters. The molecule has 2 rings (SSSR count). The van der Waals surface area contributed by atoms with Gasteiger partial charge in [-0.1, -0.05) is 6.42 Å². The zero-order valence-electron chi connectivity index (χ0n) is 11.4. The molecule has 6 heteroatoms. The third-order valence-electron chi connectivity index (χ3n) is 3.66. The summed E-state index contributed by atoms with van der Waals surface area (Å²) in [5.74, 6) is 0.109. The van der Waals surface area contributed by atoms with Crippen molar-refractivity contribution < 1.29 is 9.90 Å². The van der Waals surface area contributed by atoms with Crippen LogP contribution in [0.25, 0.3) is 0 Å². The number of nitrogens with one attached hydrogen (secondary N) is 1. The maximum Gasteiger partial charge on any atom is 0.251 e. The Bertz CT molecular complexity index is 527. The molecule has 1 fully saturated rings. The molecule has 0 radical (unpaired) electrons. The molecule has 1 amide bonds. The molecule has 1 heterocycles. The summed E-state index contributed by atoms with van der Waals surface area (Å²) in [7, 11) is 0. The molecule has 4 N–H and O–H groups in total. The van der Waals surface area contributed by atoms with Crippen LogP contribution in [-0.2, 0) is 11.3 Å². The number of aromatic nitrogens is 1. The van der Waals surface area contributed by atoms with E-state index in [2.05, 4.69) is 5.32 Å². The van der Waals surface area contributed by atoms with Crippen molar-refractivity contribution in [2.45, 2.75) is 38.3 Å². The number of nitrogens with zero attached hydrogens (tertiary/aromatic N) is 1. The molecule has 0 spiro atoms. The average Bonchev–Trinajstić information content (AvgIpc) is 2.41. The second kappa shape index (κ2) is 6.56. The largest absolute Gasteiger partial charge is 0.398 e. The molecule has 1 aromatic rings. The second-order valence-electron chi connectivity index (χ2n) is 5.42. The monoisotopic (exact) mass is 279 g/mol. The van der Waals surface area contributed by atoms with E-state index in [-0.39, 0.29) is 24.1 Å². The van der Waals surface area contributed by atoms with E-state index in [4.69, 9.17) is 5.73 Å². The second-order valence-corrected chi connectivity index (χ2v) is 5.42.